The number of hydrogen-bond donors (Lipinski definition) is 3. The smallest absolute Gasteiger partial charge is 0.272 e. The van der Waals surface area contributed by atoms with Gasteiger partial charge in [-0.2, -0.15) is 5.26 Å². The first-order valence-electron chi connectivity index (χ1n) is 9.81. The van der Waals surface area contributed by atoms with E-state index in [4.69, 9.17) is 10.4 Å². The molecule has 0 spiro atoms. The van der Waals surface area contributed by atoms with Crippen molar-refractivity contribution in [3.05, 3.63) is 59.7 Å². The molecule has 0 aliphatic heterocycles. The number of nitrogens with zero attached hydrogens (tertiary/aromatic N) is 2. The monoisotopic (exact) mass is 448 g/mol. The minimum absolute atomic E-state index is 0.190. The van der Waals surface area contributed by atoms with Crippen molar-refractivity contribution in [2.24, 2.45) is 12.2 Å². The van der Waals surface area contributed by atoms with E-state index in [2.05, 4.69) is 11.9 Å². The van der Waals surface area contributed by atoms with Crippen molar-refractivity contribution in [3.8, 4) is 6.07 Å². The standard InChI is InChI=1S/C20H23FN4O3S.C2H6/c1-4-20(2,27)9-5-6-15-17(29(23)28)12-25(3)18(15)19(26)24-14-7-8-16(21)13(10-14)11-22;1-2/h4,7-8,10,12,27H,1,5-6,9,23H2,2-3H3,(H,24,26);1-2H3. The highest BCUT2D eigenvalue weighted by Gasteiger charge is 2.24. The van der Waals surface area contributed by atoms with Crippen LogP contribution in [0.4, 0.5) is 10.1 Å². The Morgan fingerprint density at radius 3 is 2.68 bits per heavy atom. The van der Waals surface area contributed by atoms with Gasteiger partial charge >= 0.3 is 0 Å². The van der Waals surface area contributed by atoms with Crippen molar-refractivity contribution in [1.82, 2.24) is 4.57 Å². The fourth-order valence-corrected chi connectivity index (χ4v) is 3.67. The molecule has 2 unspecified atom stereocenters. The number of carbonyl (C=O) groups excluding carboxylic acids is 1. The Morgan fingerprint density at radius 2 is 2.13 bits per heavy atom. The molecule has 1 amide bonds. The van der Waals surface area contributed by atoms with E-state index >= 15 is 0 Å². The number of nitrogens with one attached hydrogen (secondary N) is 1. The maximum atomic E-state index is 13.5. The highest BCUT2D eigenvalue weighted by Crippen LogP contribution is 2.25. The minimum atomic E-state index is -1.80. The molecular weight excluding hydrogens is 419 g/mol. The van der Waals surface area contributed by atoms with Crippen LogP contribution in [0.15, 0.2) is 41.9 Å². The summed E-state index contributed by atoms with van der Waals surface area (Å²) in [7, 11) is -0.179. The number of nitrogens with two attached hydrogens (primary N) is 1. The lowest BCUT2D eigenvalue weighted by atomic mass is 9.97. The second-order valence-corrected chi connectivity index (χ2v) is 7.94. The second kappa shape index (κ2) is 11.6. The topological polar surface area (TPSA) is 121 Å². The number of nitriles is 1. The Hall–Kier alpha value is -2.80. The molecule has 0 aliphatic carbocycles. The van der Waals surface area contributed by atoms with Crippen molar-refractivity contribution >= 4 is 22.6 Å². The number of aryl methyl sites for hydroxylation is 1. The first-order chi connectivity index (χ1) is 14.6. The number of rotatable bonds is 8. The predicted molar refractivity (Wildman–Crippen MR) is 120 cm³/mol. The van der Waals surface area contributed by atoms with Gasteiger partial charge in [0, 0.05) is 24.5 Å². The van der Waals surface area contributed by atoms with Gasteiger partial charge in [0.1, 0.15) is 28.6 Å². The number of aliphatic hydroxyl groups is 1. The summed E-state index contributed by atoms with van der Waals surface area (Å²) >= 11 is 0. The van der Waals surface area contributed by atoms with Crippen LogP contribution in [0.25, 0.3) is 0 Å². The SMILES string of the molecule is C=CC(C)(O)CCCc1c(S(N)=O)cn(C)c1C(=O)Nc1ccc(F)c(C#N)c1.CC. The average molecular weight is 449 g/mol. The van der Waals surface area contributed by atoms with Crippen molar-refractivity contribution < 1.29 is 18.5 Å². The van der Waals surface area contributed by atoms with Gasteiger partial charge in [0.05, 0.1) is 16.1 Å². The van der Waals surface area contributed by atoms with Crippen molar-refractivity contribution in [3.63, 3.8) is 0 Å². The van der Waals surface area contributed by atoms with Crippen molar-refractivity contribution in [2.75, 3.05) is 5.32 Å². The van der Waals surface area contributed by atoms with Crippen LogP contribution >= 0.6 is 0 Å². The molecule has 0 saturated heterocycles. The summed E-state index contributed by atoms with van der Waals surface area (Å²) in [5.74, 6) is -1.19. The molecule has 168 valence electrons. The van der Waals surface area contributed by atoms with Crippen LogP contribution in [-0.4, -0.2) is 25.4 Å². The van der Waals surface area contributed by atoms with E-state index < -0.39 is 28.3 Å². The molecule has 0 saturated carbocycles. The lowest BCUT2D eigenvalue weighted by molar-refractivity contribution is 0.0997. The van der Waals surface area contributed by atoms with E-state index in [0.29, 0.717) is 29.7 Å². The Bertz CT molecular complexity index is 1010. The molecule has 0 radical (unpaired) electrons. The normalized spacial score (nSPS) is 13.2. The summed E-state index contributed by atoms with van der Waals surface area (Å²) in [4.78, 5) is 13.2. The van der Waals surface area contributed by atoms with Gasteiger partial charge < -0.3 is 15.0 Å². The molecule has 0 fully saturated rings. The molecule has 1 aromatic carbocycles. The van der Waals surface area contributed by atoms with Gasteiger partial charge in [-0.3, -0.25) is 4.79 Å². The Balaban J connectivity index is 0.00000233. The van der Waals surface area contributed by atoms with E-state index in [-0.39, 0.29) is 16.9 Å². The van der Waals surface area contributed by atoms with Gasteiger partial charge in [0.25, 0.3) is 5.91 Å². The first-order valence-corrected chi connectivity index (χ1v) is 11.0. The maximum Gasteiger partial charge on any atom is 0.272 e. The lowest BCUT2D eigenvalue weighted by Gasteiger charge is -2.18. The third kappa shape index (κ3) is 6.85. The number of hydrogen-bond acceptors (Lipinski definition) is 4. The van der Waals surface area contributed by atoms with Crippen molar-refractivity contribution in [2.45, 2.75) is 50.5 Å². The summed E-state index contributed by atoms with van der Waals surface area (Å²) in [6.45, 7) is 9.21. The minimum Gasteiger partial charge on any atom is -0.386 e. The molecule has 2 aromatic rings. The third-order valence-corrected chi connectivity index (χ3v) is 5.36. The van der Waals surface area contributed by atoms with Gasteiger partial charge in [-0.25, -0.2) is 13.7 Å². The molecule has 7 nitrogen and oxygen atoms in total. The third-order valence-electron chi connectivity index (χ3n) is 4.57. The molecule has 2 atom stereocenters. The number of amides is 1. The lowest BCUT2D eigenvalue weighted by Crippen LogP contribution is -2.21. The molecule has 31 heavy (non-hydrogen) atoms. The molecule has 1 aromatic heterocycles. The van der Waals surface area contributed by atoms with Crippen LogP contribution in [0.1, 0.15) is 55.2 Å². The summed E-state index contributed by atoms with van der Waals surface area (Å²) < 4.78 is 27.0. The fraction of sp³-hybridized carbons (Fsp3) is 0.364. The van der Waals surface area contributed by atoms with E-state index in [1.165, 1.54) is 29.0 Å². The van der Waals surface area contributed by atoms with E-state index in [1.54, 1.807) is 20.0 Å². The summed E-state index contributed by atoms with van der Waals surface area (Å²) in [6, 6.07) is 5.40. The van der Waals surface area contributed by atoms with Gasteiger partial charge in [-0.1, -0.05) is 19.9 Å². The molecule has 0 bridgehead atoms. The molecule has 9 heteroatoms. The van der Waals surface area contributed by atoms with Gasteiger partial charge in [0.15, 0.2) is 0 Å². The summed E-state index contributed by atoms with van der Waals surface area (Å²) in [6.07, 6.45) is 4.22. The quantitative estimate of drug-likeness (QED) is 0.535. The predicted octanol–water partition coefficient (Wildman–Crippen LogP) is 3.56. The largest absolute Gasteiger partial charge is 0.386 e. The Morgan fingerprint density at radius 1 is 1.48 bits per heavy atom. The molecular formula is C22H29FN4O3S. The number of halogens is 1. The summed E-state index contributed by atoms with van der Waals surface area (Å²) in [5, 5.41) is 27.2. The number of carbonyl (C=O) groups is 1. The van der Waals surface area contributed by atoms with Crippen LogP contribution in [0.2, 0.25) is 0 Å². The average Bonchev–Trinajstić information content (AvgIpc) is 3.07. The Kier molecular flexibility index (Phi) is 9.78. The molecule has 4 N–H and O–H groups in total. The molecule has 1 heterocycles. The second-order valence-electron chi connectivity index (χ2n) is 6.90. The Labute approximate surface area is 185 Å². The zero-order valence-electron chi connectivity index (χ0n) is 18.2. The molecule has 0 aliphatic rings. The number of benzene rings is 1. The van der Waals surface area contributed by atoms with Crippen LogP contribution < -0.4 is 10.5 Å². The van der Waals surface area contributed by atoms with Crippen LogP contribution in [0.3, 0.4) is 0 Å². The summed E-state index contributed by atoms with van der Waals surface area (Å²) in [5.41, 5.74) is -0.232. The van der Waals surface area contributed by atoms with Crippen LogP contribution in [0.5, 0.6) is 0 Å². The molecule has 2 rings (SSSR count). The van der Waals surface area contributed by atoms with Crippen LogP contribution in [-0.2, 0) is 24.5 Å². The fourth-order valence-electron chi connectivity index (χ4n) is 2.96. The maximum absolute atomic E-state index is 13.5. The van der Waals surface area contributed by atoms with E-state index in [1.807, 2.05) is 13.8 Å². The zero-order valence-corrected chi connectivity index (χ0v) is 19.1. The highest BCUT2D eigenvalue weighted by atomic mass is 32.2. The van der Waals surface area contributed by atoms with Gasteiger partial charge in [-0.05, 0) is 44.4 Å². The first kappa shape index (κ1) is 26.2. The van der Waals surface area contributed by atoms with Gasteiger partial charge in [-0.15, -0.1) is 6.58 Å². The highest BCUT2D eigenvalue weighted by molar-refractivity contribution is 7.82. The van der Waals surface area contributed by atoms with Gasteiger partial charge in [0.2, 0.25) is 0 Å². The van der Waals surface area contributed by atoms with E-state index in [0.717, 1.165) is 6.07 Å². The van der Waals surface area contributed by atoms with E-state index in [9.17, 15) is 18.5 Å². The van der Waals surface area contributed by atoms with Crippen molar-refractivity contribution in [1.29, 1.82) is 5.26 Å². The number of aromatic nitrogens is 1. The van der Waals surface area contributed by atoms with Crippen LogP contribution in [0, 0.1) is 17.1 Å². The zero-order chi connectivity index (χ0) is 23.8. The number of anilines is 1.